The Morgan fingerprint density at radius 3 is 2.44 bits per heavy atom. The number of nitrogens with one attached hydrogen (secondary N) is 1. The Balaban J connectivity index is 2.57. The second-order valence-electron chi connectivity index (χ2n) is 3.97. The molecule has 0 fully saturated rings. The summed E-state index contributed by atoms with van der Waals surface area (Å²) in [6, 6.07) is 6.92. The fraction of sp³-hybridized carbons (Fsp3) is 0.538. The predicted molar refractivity (Wildman–Crippen MR) is 63.9 cm³/mol. The molecule has 16 heavy (non-hydrogen) atoms. The molecule has 0 heterocycles. The van der Waals surface area contributed by atoms with Crippen LogP contribution in [0.15, 0.2) is 24.3 Å². The van der Waals surface area contributed by atoms with Crippen molar-refractivity contribution in [1.82, 2.24) is 5.32 Å². The van der Waals surface area contributed by atoms with Crippen LogP contribution in [0.3, 0.4) is 0 Å². The van der Waals surface area contributed by atoms with Crippen LogP contribution in [-0.2, 0) is 4.74 Å². The second-order valence-corrected chi connectivity index (χ2v) is 3.97. The maximum absolute atomic E-state index is 12.8. The Morgan fingerprint density at radius 1 is 1.31 bits per heavy atom. The van der Waals surface area contributed by atoms with Crippen molar-refractivity contribution < 1.29 is 9.13 Å². The van der Waals surface area contributed by atoms with Gasteiger partial charge < -0.3 is 10.1 Å². The molecule has 1 aromatic carbocycles. The van der Waals surface area contributed by atoms with E-state index in [4.69, 9.17) is 4.74 Å². The predicted octanol–water partition coefficient (Wildman–Crippen LogP) is 2.90. The van der Waals surface area contributed by atoms with Gasteiger partial charge >= 0.3 is 0 Å². The third-order valence-electron chi connectivity index (χ3n) is 2.73. The number of methoxy groups -OCH3 is 1. The summed E-state index contributed by atoms with van der Waals surface area (Å²) in [6.07, 6.45) is 1.16. The highest BCUT2D eigenvalue weighted by atomic mass is 19.1. The molecule has 2 unspecified atom stereocenters. The van der Waals surface area contributed by atoms with Crippen molar-refractivity contribution in [3.8, 4) is 0 Å². The fourth-order valence-corrected chi connectivity index (χ4v) is 1.58. The van der Waals surface area contributed by atoms with Crippen molar-refractivity contribution in [1.29, 1.82) is 0 Å². The van der Waals surface area contributed by atoms with Crippen molar-refractivity contribution in [3.05, 3.63) is 35.6 Å². The van der Waals surface area contributed by atoms with Crippen LogP contribution in [0.5, 0.6) is 0 Å². The summed E-state index contributed by atoms with van der Waals surface area (Å²) >= 11 is 0. The van der Waals surface area contributed by atoms with E-state index < -0.39 is 0 Å². The molecule has 0 amide bonds. The summed E-state index contributed by atoms with van der Waals surface area (Å²) in [5.41, 5.74) is 1.12. The van der Waals surface area contributed by atoms with Crippen molar-refractivity contribution >= 4 is 0 Å². The summed E-state index contributed by atoms with van der Waals surface area (Å²) < 4.78 is 18.0. The highest BCUT2D eigenvalue weighted by Gasteiger charge is 2.09. The molecule has 0 spiro atoms. The summed E-state index contributed by atoms with van der Waals surface area (Å²) in [6.45, 7) is 4.93. The molecule has 1 aromatic rings. The third-order valence-corrected chi connectivity index (χ3v) is 2.73. The minimum absolute atomic E-state index is 0.189. The van der Waals surface area contributed by atoms with E-state index in [1.807, 2.05) is 19.1 Å². The van der Waals surface area contributed by atoms with Crippen LogP contribution in [0.4, 0.5) is 4.39 Å². The molecule has 90 valence electrons. The van der Waals surface area contributed by atoms with Crippen LogP contribution >= 0.6 is 0 Å². The van der Waals surface area contributed by atoms with Gasteiger partial charge in [-0.25, -0.2) is 4.39 Å². The van der Waals surface area contributed by atoms with Crippen LogP contribution < -0.4 is 5.32 Å². The van der Waals surface area contributed by atoms with Gasteiger partial charge in [-0.15, -0.1) is 0 Å². The van der Waals surface area contributed by atoms with E-state index >= 15 is 0 Å². The lowest BCUT2D eigenvalue weighted by atomic mass is 10.0. The van der Waals surface area contributed by atoms with Gasteiger partial charge in [-0.05, 0) is 31.0 Å². The van der Waals surface area contributed by atoms with E-state index in [-0.39, 0.29) is 18.0 Å². The number of halogens is 1. The molecule has 0 aliphatic carbocycles. The second kappa shape index (κ2) is 6.61. The van der Waals surface area contributed by atoms with Gasteiger partial charge in [0.2, 0.25) is 0 Å². The van der Waals surface area contributed by atoms with Crippen molar-refractivity contribution in [2.75, 3.05) is 13.7 Å². The first kappa shape index (κ1) is 13.1. The standard InChI is InChI=1S/C13H20FNO/c1-4-13(15-9-10(2)16-3)11-5-7-12(14)8-6-11/h5-8,10,13,15H,4,9H2,1-3H3. The van der Waals surface area contributed by atoms with Gasteiger partial charge in [-0.3, -0.25) is 0 Å². The lowest BCUT2D eigenvalue weighted by Crippen LogP contribution is -2.29. The molecule has 1 rings (SSSR count). The molecule has 0 saturated carbocycles. The first-order chi connectivity index (χ1) is 7.67. The number of hydrogen-bond donors (Lipinski definition) is 1. The molecule has 0 aromatic heterocycles. The quantitative estimate of drug-likeness (QED) is 0.803. The van der Waals surface area contributed by atoms with E-state index in [0.717, 1.165) is 18.5 Å². The molecule has 3 heteroatoms. The highest BCUT2D eigenvalue weighted by Crippen LogP contribution is 2.16. The Labute approximate surface area is 96.8 Å². The Kier molecular flexibility index (Phi) is 5.43. The molecular weight excluding hydrogens is 205 g/mol. The maximum Gasteiger partial charge on any atom is 0.123 e. The first-order valence-corrected chi connectivity index (χ1v) is 5.69. The zero-order chi connectivity index (χ0) is 12.0. The third kappa shape index (κ3) is 3.91. The van der Waals surface area contributed by atoms with Gasteiger partial charge in [0.25, 0.3) is 0 Å². The van der Waals surface area contributed by atoms with Crippen molar-refractivity contribution in [2.24, 2.45) is 0 Å². The molecule has 2 nitrogen and oxygen atoms in total. The number of hydrogen-bond acceptors (Lipinski definition) is 2. The van der Waals surface area contributed by atoms with Gasteiger partial charge in [0.15, 0.2) is 0 Å². The van der Waals surface area contributed by atoms with Crippen LogP contribution in [0.1, 0.15) is 31.9 Å². The zero-order valence-electron chi connectivity index (χ0n) is 10.2. The van der Waals surface area contributed by atoms with E-state index in [0.29, 0.717) is 0 Å². The van der Waals surface area contributed by atoms with Crippen LogP contribution in [0, 0.1) is 5.82 Å². The van der Waals surface area contributed by atoms with Crippen LogP contribution in [0.25, 0.3) is 0 Å². The average molecular weight is 225 g/mol. The van der Waals surface area contributed by atoms with E-state index in [9.17, 15) is 4.39 Å². The first-order valence-electron chi connectivity index (χ1n) is 5.69. The summed E-state index contributed by atoms with van der Waals surface area (Å²) in [5, 5.41) is 3.41. The summed E-state index contributed by atoms with van der Waals surface area (Å²) in [7, 11) is 1.70. The van der Waals surface area contributed by atoms with Crippen LogP contribution in [-0.4, -0.2) is 19.8 Å². The monoisotopic (exact) mass is 225 g/mol. The van der Waals surface area contributed by atoms with Crippen LogP contribution in [0.2, 0.25) is 0 Å². The van der Waals surface area contributed by atoms with E-state index in [1.54, 1.807) is 7.11 Å². The van der Waals surface area contributed by atoms with Gasteiger partial charge in [0, 0.05) is 19.7 Å². The Hall–Kier alpha value is -0.930. The van der Waals surface area contributed by atoms with E-state index in [2.05, 4.69) is 12.2 Å². The maximum atomic E-state index is 12.8. The average Bonchev–Trinajstić information content (AvgIpc) is 2.31. The van der Waals surface area contributed by atoms with E-state index in [1.165, 1.54) is 12.1 Å². The molecule has 1 N–H and O–H groups in total. The summed E-state index contributed by atoms with van der Waals surface area (Å²) in [5.74, 6) is -0.191. The number of benzene rings is 1. The van der Waals surface area contributed by atoms with Gasteiger partial charge in [-0.2, -0.15) is 0 Å². The Bertz CT molecular complexity index is 299. The minimum atomic E-state index is -0.191. The molecular formula is C13H20FNO. The van der Waals surface area contributed by atoms with Crippen molar-refractivity contribution in [2.45, 2.75) is 32.4 Å². The number of rotatable bonds is 6. The van der Waals surface area contributed by atoms with Gasteiger partial charge in [0.1, 0.15) is 5.82 Å². The summed E-state index contributed by atoms with van der Waals surface area (Å²) in [4.78, 5) is 0. The van der Waals surface area contributed by atoms with Crippen molar-refractivity contribution in [3.63, 3.8) is 0 Å². The minimum Gasteiger partial charge on any atom is -0.380 e. The molecule has 2 atom stereocenters. The number of ether oxygens (including phenoxy) is 1. The zero-order valence-corrected chi connectivity index (χ0v) is 10.2. The van der Waals surface area contributed by atoms with Gasteiger partial charge in [0.05, 0.1) is 6.10 Å². The molecule has 0 radical (unpaired) electrons. The molecule has 0 bridgehead atoms. The molecule has 0 aliphatic rings. The van der Waals surface area contributed by atoms with Gasteiger partial charge in [-0.1, -0.05) is 19.1 Å². The molecule has 0 aliphatic heterocycles. The highest BCUT2D eigenvalue weighted by molar-refractivity contribution is 5.19. The normalized spacial score (nSPS) is 14.8. The lowest BCUT2D eigenvalue weighted by Gasteiger charge is -2.19. The fourth-order valence-electron chi connectivity index (χ4n) is 1.58. The smallest absolute Gasteiger partial charge is 0.123 e. The molecule has 0 saturated heterocycles. The largest absolute Gasteiger partial charge is 0.380 e. The SMILES string of the molecule is CCC(NCC(C)OC)c1ccc(F)cc1. The Morgan fingerprint density at radius 2 is 1.94 bits per heavy atom. The lowest BCUT2D eigenvalue weighted by molar-refractivity contribution is 0.114. The topological polar surface area (TPSA) is 21.3 Å².